The molecule has 0 saturated heterocycles. The van der Waals surface area contributed by atoms with Crippen LogP contribution in [-0.4, -0.2) is 42.5 Å². The van der Waals surface area contributed by atoms with Gasteiger partial charge in [0, 0.05) is 26.1 Å². The molecule has 0 aliphatic carbocycles. The van der Waals surface area contributed by atoms with Crippen LogP contribution >= 0.6 is 0 Å². The average Bonchev–Trinajstić information content (AvgIpc) is 2.49. The molecule has 0 aromatic heterocycles. The topological polar surface area (TPSA) is 49.9 Å². The van der Waals surface area contributed by atoms with Crippen molar-refractivity contribution in [1.29, 1.82) is 0 Å². The lowest BCUT2D eigenvalue weighted by atomic mass is 10.1. The molecule has 2 rings (SSSR count). The van der Waals surface area contributed by atoms with Crippen LogP contribution in [0.2, 0.25) is 0 Å². The molecule has 0 radical (unpaired) electrons. The van der Waals surface area contributed by atoms with Crippen LogP contribution in [0, 0.1) is 0 Å². The highest BCUT2D eigenvalue weighted by Crippen LogP contribution is 2.33. The molecule has 1 unspecified atom stereocenters. The van der Waals surface area contributed by atoms with E-state index in [4.69, 9.17) is 4.74 Å². The van der Waals surface area contributed by atoms with Gasteiger partial charge in [0.25, 0.3) is 5.91 Å². The zero-order chi connectivity index (χ0) is 15.4. The molecule has 5 nitrogen and oxygen atoms in total. The molecule has 0 fully saturated rings. The summed E-state index contributed by atoms with van der Waals surface area (Å²) in [5.74, 6) is 0.672. The van der Waals surface area contributed by atoms with Crippen LogP contribution in [0.5, 0.6) is 5.75 Å². The van der Waals surface area contributed by atoms with E-state index in [9.17, 15) is 9.59 Å². The van der Waals surface area contributed by atoms with Gasteiger partial charge in [-0.2, -0.15) is 0 Å². The number of carbonyl (C=O) groups excluding carboxylic acids is 2. The monoisotopic (exact) mass is 290 g/mol. The molecule has 114 valence electrons. The smallest absolute Gasteiger partial charge is 0.267 e. The maximum atomic E-state index is 12.3. The Bertz CT molecular complexity index is 526. The summed E-state index contributed by atoms with van der Waals surface area (Å²) in [5.41, 5.74) is 0.743. The molecule has 0 N–H and O–H groups in total. The Morgan fingerprint density at radius 1 is 1.29 bits per heavy atom. The van der Waals surface area contributed by atoms with Crippen LogP contribution in [0.25, 0.3) is 0 Å². The van der Waals surface area contributed by atoms with Crippen molar-refractivity contribution in [2.45, 2.75) is 33.3 Å². The van der Waals surface area contributed by atoms with Crippen molar-refractivity contribution < 1.29 is 14.3 Å². The summed E-state index contributed by atoms with van der Waals surface area (Å²) in [6, 6.07) is 7.43. The van der Waals surface area contributed by atoms with Crippen molar-refractivity contribution in [3.63, 3.8) is 0 Å². The summed E-state index contributed by atoms with van der Waals surface area (Å²) >= 11 is 0. The van der Waals surface area contributed by atoms with Crippen molar-refractivity contribution >= 4 is 17.5 Å². The van der Waals surface area contributed by atoms with Crippen LogP contribution < -0.4 is 9.64 Å². The van der Waals surface area contributed by atoms with Crippen molar-refractivity contribution in [3.8, 4) is 5.75 Å². The first kappa shape index (κ1) is 15.4. The number of carbonyl (C=O) groups is 2. The van der Waals surface area contributed by atoms with E-state index in [1.165, 1.54) is 0 Å². The number of ether oxygens (including phenoxy) is 1. The van der Waals surface area contributed by atoms with E-state index in [0.29, 0.717) is 31.8 Å². The van der Waals surface area contributed by atoms with Crippen molar-refractivity contribution in [1.82, 2.24) is 4.90 Å². The van der Waals surface area contributed by atoms with Gasteiger partial charge in [0.15, 0.2) is 6.10 Å². The van der Waals surface area contributed by atoms with Gasteiger partial charge < -0.3 is 14.5 Å². The van der Waals surface area contributed by atoms with Crippen LogP contribution in [-0.2, 0) is 9.59 Å². The molecule has 1 atom stereocenters. The predicted octanol–water partition coefficient (Wildman–Crippen LogP) is 2.06. The van der Waals surface area contributed by atoms with Crippen LogP contribution in [0.3, 0.4) is 0 Å². The third-order valence-electron chi connectivity index (χ3n) is 3.74. The maximum Gasteiger partial charge on any atom is 0.267 e. The summed E-state index contributed by atoms with van der Waals surface area (Å²) in [6.45, 7) is 7.42. The maximum absolute atomic E-state index is 12.3. The van der Waals surface area contributed by atoms with Gasteiger partial charge in [-0.1, -0.05) is 12.1 Å². The number of para-hydroxylation sites is 2. The van der Waals surface area contributed by atoms with Gasteiger partial charge in [0.2, 0.25) is 5.91 Å². The molecule has 21 heavy (non-hydrogen) atoms. The minimum atomic E-state index is -0.511. The molecule has 5 heteroatoms. The number of hydrogen-bond donors (Lipinski definition) is 0. The van der Waals surface area contributed by atoms with E-state index >= 15 is 0 Å². The Morgan fingerprint density at radius 2 is 1.95 bits per heavy atom. The first-order valence-corrected chi connectivity index (χ1v) is 7.43. The van der Waals surface area contributed by atoms with Gasteiger partial charge in [-0.3, -0.25) is 9.59 Å². The number of hydrogen-bond acceptors (Lipinski definition) is 3. The van der Waals surface area contributed by atoms with Gasteiger partial charge in [-0.25, -0.2) is 0 Å². The van der Waals surface area contributed by atoms with Gasteiger partial charge in [0.05, 0.1) is 5.69 Å². The molecule has 1 heterocycles. The zero-order valence-corrected chi connectivity index (χ0v) is 12.8. The van der Waals surface area contributed by atoms with Crippen LogP contribution in [0.15, 0.2) is 24.3 Å². The van der Waals surface area contributed by atoms with Gasteiger partial charge in [-0.15, -0.1) is 0 Å². The number of nitrogens with zero attached hydrogens (tertiary/aromatic N) is 2. The fourth-order valence-corrected chi connectivity index (χ4v) is 2.53. The van der Waals surface area contributed by atoms with E-state index in [0.717, 1.165) is 5.69 Å². The highest BCUT2D eigenvalue weighted by atomic mass is 16.5. The molecular weight excluding hydrogens is 268 g/mol. The lowest BCUT2D eigenvalue weighted by molar-refractivity contribution is -0.130. The molecule has 1 aliphatic heterocycles. The quantitative estimate of drug-likeness (QED) is 0.834. The summed E-state index contributed by atoms with van der Waals surface area (Å²) in [7, 11) is 0. The van der Waals surface area contributed by atoms with E-state index in [1.54, 1.807) is 16.7 Å². The minimum absolute atomic E-state index is 0.0735. The number of amides is 2. The molecule has 2 amide bonds. The Hall–Kier alpha value is -2.04. The number of rotatable bonds is 5. The Kier molecular flexibility index (Phi) is 4.83. The first-order valence-electron chi connectivity index (χ1n) is 7.43. The molecular formula is C16H22N2O3. The second kappa shape index (κ2) is 6.61. The van der Waals surface area contributed by atoms with Crippen molar-refractivity contribution in [2.75, 3.05) is 24.5 Å². The largest absolute Gasteiger partial charge is 0.479 e. The molecule has 1 aliphatic rings. The first-order chi connectivity index (χ1) is 10.1. The van der Waals surface area contributed by atoms with Gasteiger partial charge in [-0.05, 0) is 32.9 Å². The number of benzene rings is 1. The van der Waals surface area contributed by atoms with Crippen LogP contribution in [0.4, 0.5) is 5.69 Å². The van der Waals surface area contributed by atoms with E-state index in [-0.39, 0.29) is 11.8 Å². The average molecular weight is 290 g/mol. The SMILES string of the molecule is CCN(CC)C(=O)CCN1C(=O)C(C)Oc2ccccc21. The second-order valence-corrected chi connectivity index (χ2v) is 5.03. The lowest BCUT2D eigenvalue weighted by Crippen LogP contribution is -2.46. The third kappa shape index (κ3) is 3.17. The summed E-state index contributed by atoms with van der Waals surface area (Å²) in [4.78, 5) is 27.8. The van der Waals surface area contributed by atoms with Gasteiger partial charge >= 0.3 is 0 Å². The highest BCUT2D eigenvalue weighted by molar-refractivity contribution is 6.00. The molecule has 0 bridgehead atoms. The van der Waals surface area contributed by atoms with Gasteiger partial charge in [0.1, 0.15) is 5.75 Å². The fourth-order valence-electron chi connectivity index (χ4n) is 2.53. The molecule has 1 aromatic carbocycles. The summed E-state index contributed by atoms with van der Waals surface area (Å²) in [6.07, 6.45) is -0.183. The van der Waals surface area contributed by atoms with E-state index in [2.05, 4.69) is 0 Å². The lowest BCUT2D eigenvalue weighted by Gasteiger charge is -2.33. The van der Waals surface area contributed by atoms with Crippen molar-refractivity contribution in [3.05, 3.63) is 24.3 Å². The summed E-state index contributed by atoms with van der Waals surface area (Å²) in [5, 5.41) is 0. The zero-order valence-electron chi connectivity index (χ0n) is 12.8. The third-order valence-corrected chi connectivity index (χ3v) is 3.74. The fraction of sp³-hybridized carbons (Fsp3) is 0.500. The van der Waals surface area contributed by atoms with Crippen LogP contribution in [0.1, 0.15) is 27.2 Å². The van der Waals surface area contributed by atoms with Crippen molar-refractivity contribution in [2.24, 2.45) is 0 Å². The van der Waals surface area contributed by atoms with E-state index < -0.39 is 6.10 Å². The Labute approximate surface area is 125 Å². The standard InChI is InChI=1S/C16H22N2O3/c1-4-17(5-2)15(19)10-11-18-13-8-6-7-9-14(13)21-12(3)16(18)20/h6-9,12H,4-5,10-11H2,1-3H3. The Morgan fingerprint density at radius 3 is 2.62 bits per heavy atom. The normalized spacial score (nSPS) is 17.2. The molecule has 0 spiro atoms. The summed E-state index contributed by atoms with van der Waals surface area (Å²) < 4.78 is 5.58. The predicted molar refractivity (Wildman–Crippen MR) is 81.4 cm³/mol. The Balaban J connectivity index is 2.12. The highest BCUT2D eigenvalue weighted by Gasteiger charge is 2.31. The minimum Gasteiger partial charge on any atom is -0.479 e. The second-order valence-electron chi connectivity index (χ2n) is 5.03. The number of fused-ring (bicyclic) bond motifs is 1. The molecule has 1 aromatic rings. The number of anilines is 1. The van der Waals surface area contributed by atoms with E-state index in [1.807, 2.05) is 38.1 Å². The molecule has 0 saturated carbocycles.